The van der Waals surface area contributed by atoms with E-state index < -0.39 is 5.60 Å². The normalized spacial score (nSPS) is 25.0. The average molecular weight is 462 g/mol. The number of ether oxygens (including phenoxy) is 3. The van der Waals surface area contributed by atoms with Crippen molar-refractivity contribution in [1.29, 1.82) is 0 Å². The highest BCUT2D eigenvalue weighted by Crippen LogP contribution is 2.49. The second-order valence-electron chi connectivity index (χ2n) is 8.52. The van der Waals surface area contributed by atoms with Gasteiger partial charge in [-0.3, -0.25) is 0 Å². The van der Waals surface area contributed by atoms with E-state index in [9.17, 15) is 0 Å². The van der Waals surface area contributed by atoms with Gasteiger partial charge in [-0.15, -0.1) is 11.3 Å². The van der Waals surface area contributed by atoms with E-state index in [1.54, 1.807) is 11.3 Å². The summed E-state index contributed by atoms with van der Waals surface area (Å²) in [5.74, 6) is 0.470. The molecule has 3 heterocycles. The van der Waals surface area contributed by atoms with Gasteiger partial charge in [0, 0.05) is 5.38 Å². The molecule has 1 saturated heterocycles. The molecule has 1 aliphatic heterocycles. The topological polar surface area (TPSA) is 79.5 Å². The van der Waals surface area contributed by atoms with Crippen molar-refractivity contribution in [2.75, 3.05) is 5.73 Å². The van der Waals surface area contributed by atoms with Crippen molar-refractivity contribution < 1.29 is 14.2 Å². The first-order valence-electron chi connectivity index (χ1n) is 11.0. The fourth-order valence-corrected chi connectivity index (χ4v) is 5.64. The van der Waals surface area contributed by atoms with Crippen LogP contribution in [0.25, 0.3) is 10.9 Å². The molecule has 1 aliphatic rings. The lowest BCUT2D eigenvalue weighted by atomic mass is 9.91. The van der Waals surface area contributed by atoms with E-state index in [1.165, 1.54) is 6.33 Å². The Balaban J connectivity index is 1.49. The average Bonchev–Trinajstić information content (AvgIpc) is 3.37. The van der Waals surface area contributed by atoms with Crippen molar-refractivity contribution in [2.24, 2.45) is 0 Å². The van der Waals surface area contributed by atoms with Gasteiger partial charge in [0.05, 0.1) is 35.1 Å². The molecular formula is C26H27N3O3S. The van der Waals surface area contributed by atoms with Gasteiger partial charge in [-0.2, -0.15) is 0 Å². The van der Waals surface area contributed by atoms with Gasteiger partial charge in [0.25, 0.3) is 0 Å². The van der Waals surface area contributed by atoms with Gasteiger partial charge in [0.1, 0.15) is 30.0 Å². The van der Waals surface area contributed by atoms with Crippen LogP contribution in [0.3, 0.4) is 0 Å². The van der Waals surface area contributed by atoms with E-state index in [1.807, 2.05) is 48.7 Å². The molecule has 0 saturated carbocycles. The van der Waals surface area contributed by atoms with Crippen LogP contribution in [0.4, 0.5) is 5.82 Å². The first-order valence-corrected chi connectivity index (χ1v) is 11.9. The Morgan fingerprint density at radius 1 is 1.00 bits per heavy atom. The molecule has 6 nitrogen and oxygen atoms in total. The van der Waals surface area contributed by atoms with Crippen LogP contribution >= 0.6 is 11.3 Å². The quantitative estimate of drug-likeness (QED) is 0.403. The Bertz CT molecular complexity index is 1220. The van der Waals surface area contributed by atoms with E-state index in [0.717, 1.165) is 26.9 Å². The summed E-state index contributed by atoms with van der Waals surface area (Å²) in [5, 5.41) is 2.83. The number of nitrogens with two attached hydrogens (primary N) is 1. The number of thiophene rings is 1. The maximum Gasteiger partial charge on any atom is 0.135 e. The third-order valence-electron chi connectivity index (χ3n) is 6.22. The summed E-state index contributed by atoms with van der Waals surface area (Å²) in [7, 11) is 0. The molecule has 0 amide bonds. The number of nitrogens with zero attached hydrogens (tertiary/aromatic N) is 2. The van der Waals surface area contributed by atoms with Gasteiger partial charge in [-0.1, -0.05) is 60.7 Å². The summed E-state index contributed by atoms with van der Waals surface area (Å²) in [6, 6.07) is 20.3. The van der Waals surface area contributed by atoms with Crippen molar-refractivity contribution >= 4 is 28.1 Å². The molecule has 170 valence electrons. The van der Waals surface area contributed by atoms with E-state index in [2.05, 4.69) is 41.2 Å². The molecule has 0 radical (unpaired) electrons. The van der Waals surface area contributed by atoms with E-state index in [-0.39, 0.29) is 18.3 Å². The lowest BCUT2D eigenvalue weighted by molar-refractivity contribution is -0.145. The van der Waals surface area contributed by atoms with Crippen LogP contribution in [0.1, 0.15) is 36.0 Å². The molecular weight excluding hydrogens is 434 g/mol. The Morgan fingerprint density at radius 3 is 2.36 bits per heavy atom. The number of fused-ring (bicyclic) bond motifs is 1. The number of benzene rings is 2. The molecule has 7 heteroatoms. The van der Waals surface area contributed by atoms with Crippen molar-refractivity contribution in [3.8, 4) is 0 Å². The maximum absolute atomic E-state index is 6.65. The lowest BCUT2D eigenvalue weighted by Crippen LogP contribution is -2.45. The van der Waals surface area contributed by atoms with Crippen molar-refractivity contribution in [2.45, 2.75) is 51.0 Å². The largest absolute Gasteiger partial charge is 0.383 e. The second kappa shape index (κ2) is 9.19. The number of hydrogen-bond donors (Lipinski definition) is 1. The fraction of sp³-hybridized carbons (Fsp3) is 0.308. The third kappa shape index (κ3) is 4.25. The molecule has 0 aliphatic carbocycles. The number of aromatic nitrogens is 2. The summed E-state index contributed by atoms with van der Waals surface area (Å²) in [5.41, 5.74) is 8.38. The van der Waals surface area contributed by atoms with Crippen LogP contribution < -0.4 is 5.73 Å². The van der Waals surface area contributed by atoms with Gasteiger partial charge >= 0.3 is 0 Å². The van der Waals surface area contributed by atoms with Gasteiger partial charge in [0.2, 0.25) is 0 Å². The Morgan fingerprint density at radius 2 is 1.67 bits per heavy atom. The second-order valence-corrected chi connectivity index (χ2v) is 9.43. The van der Waals surface area contributed by atoms with Crippen LogP contribution in [0.5, 0.6) is 0 Å². The molecule has 33 heavy (non-hydrogen) atoms. The number of rotatable bonds is 7. The van der Waals surface area contributed by atoms with Gasteiger partial charge < -0.3 is 19.9 Å². The van der Waals surface area contributed by atoms with Gasteiger partial charge in [-0.25, -0.2) is 9.97 Å². The number of anilines is 1. The third-order valence-corrected chi connectivity index (χ3v) is 7.23. The minimum Gasteiger partial charge on any atom is -0.383 e. The molecule has 0 spiro atoms. The predicted octanol–water partition coefficient (Wildman–Crippen LogP) is 5.29. The summed E-state index contributed by atoms with van der Waals surface area (Å²) < 4.78 is 19.6. The number of nitrogen functional groups attached to an aromatic ring is 1. The maximum atomic E-state index is 6.65. The zero-order valence-corrected chi connectivity index (χ0v) is 19.5. The molecule has 4 atom stereocenters. The van der Waals surface area contributed by atoms with Crippen molar-refractivity contribution in [3.05, 3.63) is 88.4 Å². The first-order chi connectivity index (χ1) is 16.1. The highest BCUT2D eigenvalue weighted by molar-refractivity contribution is 7.11. The molecule has 2 N–H and O–H groups in total. The Labute approximate surface area is 197 Å². The Kier molecular flexibility index (Phi) is 6.12. The zero-order chi connectivity index (χ0) is 22.8. The SMILES string of the molecule is CC1O[C@@H](c2scc3c(N)ncnc23)[C@](C)(OCc2ccccc2)[C@@H]1OCc1ccccc1. The molecule has 1 unspecified atom stereocenters. The highest BCUT2D eigenvalue weighted by atomic mass is 32.1. The highest BCUT2D eigenvalue weighted by Gasteiger charge is 2.55. The molecule has 2 aromatic carbocycles. The fourth-order valence-electron chi connectivity index (χ4n) is 4.48. The summed E-state index contributed by atoms with van der Waals surface area (Å²) in [6.07, 6.45) is 0.699. The van der Waals surface area contributed by atoms with E-state index >= 15 is 0 Å². The van der Waals surface area contributed by atoms with Crippen LogP contribution in [-0.4, -0.2) is 27.8 Å². The molecule has 2 aromatic heterocycles. The molecule has 1 fully saturated rings. The van der Waals surface area contributed by atoms with Crippen LogP contribution in [-0.2, 0) is 27.4 Å². The van der Waals surface area contributed by atoms with Crippen molar-refractivity contribution in [1.82, 2.24) is 9.97 Å². The predicted molar refractivity (Wildman–Crippen MR) is 130 cm³/mol. The first kappa shape index (κ1) is 22.0. The van der Waals surface area contributed by atoms with E-state index in [0.29, 0.717) is 19.0 Å². The van der Waals surface area contributed by atoms with Crippen LogP contribution in [0, 0.1) is 0 Å². The molecule has 5 rings (SSSR count). The summed E-state index contributed by atoms with van der Waals surface area (Å²) in [4.78, 5) is 9.63. The van der Waals surface area contributed by atoms with Crippen LogP contribution in [0.2, 0.25) is 0 Å². The minimum atomic E-state index is -0.735. The van der Waals surface area contributed by atoms with Gasteiger partial charge in [0.15, 0.2) is 0 Å². The smallest absolute Gasteiger partial charge is 0.135 e. The summed E-state index contributed by atoms with van der Waals surface area (Å²) in [6.45, 7) is 5.06. The van der Waals surface area contributed by atoms with E-state index in [4.69, 9.17) is 19.9 Å². The standard InChI is InChI=1S/C26H27N3O3S/c1-17-23(30-13-18-9-5-3-6-10-18)26(2,31-14-19-11-7-4-8-12-19)24(32-17)22-21-20(15-33-22)25(27)29-16-28-21/h3-12,15-17,23-24H,13-14H2,1-2H3,(H2,27,28,29)/t17?,23-,24+,26-/m1/s1. The monoisotopic (exact) mass is 461 g/mol. The molecule has 0 bridgehead atoms. The zero-order valence-electron chi connectivity index (χ0n) is 18.7. The summed E-state index contributed by atoms with van der Waals surface area (Å²) >= 11 is 1.57. The van der Waals surface area contributed by atoms with Crippen molar-refractivity contribution in [3.63, 3.8) is 0 Å². The lowest BCUT2D eigenvalue weighted by Gasteiger charge is -2.35. The minimum absolute atomic E-state index is 0.171. The molecule has 4 aromatic rings. The van der Waals surface area contributed by atoms with Gasteiger partial charge in [-0.05, 0) is 25.0 Å². The number of hydrogen-bond acceptors (Lipinski definition) is 7. The van der Waals surface area contributed by atoms with Crippen LogP contribution in [0.15, 0.2) is 72.4 Å². The Hall–Kier alpha value is -2.84.